The van der Waals surface area contributed by atoms with Crippen molar-refractivity contribution < 1.29 is 0 Å². The molecule has 0 aromatic rings. The van der Waals surface area contributed by atoms with Gasteiger partial charge in [0.1, 0.15) is 0 Å². The second kappa shape index (κ2) is 9.82. The number of rotatable bonds is 9. The van der Waals surface area contributed by atoms with Gasteiger partial charge >= 0.3 is 0 Å². The normalized spacial score (nSPS) is 12.3. The molecule has 0 aliphatic heterocycles. The molecular weight excluding hydrogens is 244 g/mol. The van der Waals surface area contributed by atoms with Crippen molar-refractivity contribution in [2.75, 3.05) is 6.54 Å². The number of nitrogens with one attached hydrogen (secondary N) is 2. The summed E-state index contributed by atoms with van der Waals surface area (Å²) in [5.74, 6) is 0. The van der Waals surface area contributed by atoms with Crippen LogP contribution >= 0.6 is 0 Å². The van der Waals surface area contributed by atoms with Gasteiger partial charge in [-0.1, -0.05) is 50.6 Å². The highest BCUT2D eigenvalue weighted by atomic mass is 15.3. The highest BCUT2D eigenvalue weighted by molar-refractivity contribution is 5.48. The molecule has 2 heteroatoms. The number of hydrogen-bond donors (Lipinski definition) is 2. The lowest BCUT2D eigenvalue weighted by molar-refractivity contribution is 0.669. The number of hydrazine groups is 1. The zero-order chi connectivity index (χ0) is 15.5. The summed E-state index contributed by atoms with van der Waals surface area (Å²) in [5, 5.41) is 0. The van der Waals surface area contributed by atoms with Gasteiger partial charge in [0, 0.05) is 18.3 Å². The van der Waals surface area contributed by atoms with Gasteiger partial charge in [-0.15, -0.1) is 0 Å². The fourth-order valence-electron chi connectivity index (χ4n) is 1.63. The predicted molar refractivity (Wildman–Crippen MR) is 91.1 cm³/mol. The Kier molecular flexibility index (Phi) is 8.80. The smallest absolute Gasteiger partial charge is 0.0398 e. The van der Waals surface area contributed by atoms with E-state index in [4.69, 9.17) is 0 Å². The minimum Gasteiger partial charge on any atom is -0.328 e. The van der Waals surface area contributed by atoms with Gasteiger partial charge in [-0.05, 0) is 43.1 Å². The molecule has 20 heavy (non-hydrogen) atoms. The molecule has 2 nitrogen and oxygen atoms in total. The van der Waals surface area contributed by atoms with Crippen LogP contribution in [0, 0.1) is 0 Å². The Bertz CT molecular complexity index is 474. The summed E-state index contributed by atoms with van der Waals surface area (Å²) in [7, 11) is 0. The third kappa shape index (κ3) is 6.21. The molecule has 0 aliphatic carbocycles. The summed E-state index contributed by atoms with van der Waals surface area (Å²) >= 11 is 0. The molecule has 0 bridgehead atoms. The summed E-state index contributed by atoms with van der Waals surface area (Å²) in [4.78, 5) is 0. The standard InChI is InChI=1S/C18H26N2/c1-8-11-15(6)18(14(4)5)13-20-19-12-16(7)17(9-2)10-3/h8-11,13,19-20H,2,4,6-7,12H2,1,3,5H3/b11-8-,17-10+,18-13+. The Balaban J connectivity index is 4.54. The van der Waals surface area contributed by atoms with E-state index < -0.39 is 0 Å². The topological polar surface area (TPSA) is 24.1 Å². The van der Waals surface area contributed by atoms with Gasteiger partial charge in [-0.25, -0.2) is 5.43 Å². The van der Waals surface area contributed by atoms with Crippen LogP contribution in [0.15, 0.2) is 84.7 Å². The summed E-state index contributed by atoms with van der Waals surface area (Å²) in [6, 6.07) is 0. The lowest BCUT2D eigenvalue weighted by atomic mass is 10.0. The van der Waals surface area contributed by atoms with Gasteiger partial charge in [-0.2, -0.15) is 0 Å². The molecule has 0 aromatic heterocycles. The molecule has 0 heterocycles. The molecule has 0 spiro atoms. The van der Waals surface area contributed by atoms with E-state index in [1.54, 1.807) is 6.08 Å². The summed E-state index contributed by atoms with van der Waals surface area (Å²) in [6.45, 7) is 22.2. The monoisotopic (exact) mass is 270 g/mol. The van der Waals surface area contributed by atoms with Crippen molar-refractivity contribution in [1.29, 1.82) is 0 Å². The Morgan fingerprint density at radius 3 is 2.25 bits per heavy atom. The Labute approximate surface area is 123 Å². The van der Waals surface area contributed by atoms with E-state index >= 15 is 0 Å². The Morgan fingerprint density at radius 2 is 1.80 bits per heavy atom. The van der Waals surface area contributed by atoms with Crippen LogP contribution in [0.25, 0.3) is 0 Å². The van der Waals surface area contributed by atoms with E-state index in [1.807, 2.05) is 45.2 Å². The molecular formula is C18H26N2. The van der Waals surface area contributed by atoms with Gasteiger partial charge in [-0.3, -0.25) is 0 Å². The predicted octanol–water partition coefficient (Wildman–Crippen LogP) is 4.36. The minimum atomic E-state index is 0.627. The summed E-state index contributed by atoms with van der Waals surface area (Å²) in [5.41, 5.74) is 11.0. The van der Waals surface area contributed by atoms with E-state index in [0.717, 1.165) is 27.9 Å². The number of hydrogen-bond acceptors (Lipinski definition) is 2. The van der Waals surface area contributed by atoms with Crippen LogP contribution in [-0.4, -0.2) is 6.54 Å². The van der Waals surface area contributed by atoms with Crippen molar-refractivity contribution in [3.63, 3.8) is 0 Å². The van der Waals surface area contributed by atoms with Crippen LogP contribution in [0.2, 0.25) is 0 Å². The van der Waals surface area contributed by atoms with Crippen molar-refractivity contribution in [1.82, 2.24) is 10.9 Å². The van der Waals surface area contributed by atoms with Crippen LogP contribution in [0.1, 0.15) is 20.8 Å². The molecule has 2 N–H and O–H groups in total. The first-order chi connectivity index (χ1) is 9.47. The van der Waals surface area contributed by atoms with Crippen molar-refractivity contribution >= 4 is 0 Å². The summed E-state index contributed by atoms with van der Waals surface area (Å²) in [6.07, 6.45) is 9.56. The van der Waals surface area contributed by atoms with Crippen LogP contribution in [0.3, 0.4) is 0 Å². The quantitative estimate of drug-likeness (QED) is 0.369. The van der Waals surface area contributed by atoms with Gasteiger partial charge in [0.25, 0.3) is 0 Å². The molecule has 0 saturated heterocycles. The van der Waals surface area contributed by atoms with Crippen LogP contribution in [0.5, 0.6) is 0 Å². The third-order valence-electron chi connectivity index (χ3n) is 2.73. The number of allylic oxidation sites excluding steroid dienone is 7. The second-order valence-corrected chi connectivity index (χ2v) is 4.41. The molecule has 108 valence electrons. The average Bonchev–Trinajstić information content (AvgIpc) is 2.39. The van der Waals surface area contributed by atoms with Crippen LogP contribution in [0.4, 0.5) is 0 Å². The zero-order valence-corrected chi connectivity index (χ0v) is 12.9. The van der Waals surface area contributed by atoms with Gasteiger partial charge in [0.15, 0.2) is 0 Å². The first-order valence-corrected chi connectivity index (χ1v) is 6.61. The Morgan fingerprint density at radius 1 is 1.15 bits per heavy atom. The van der Waals surface area contributed by atoms with E-state index in [1.165, 1.54) is 0 Å². The Hall–Kier alpha value is -2.06. The van der Waals surface area contributed by atoms with Gasteiger partial charge in [0.2, 0.25) is 0 Å². The highest BCUT2D eigenvalue weighted by Gasteiger charge is 2.00. The highest BCUT2D eigenvalue weighted by Crippen LogP contribution is 2.16. The molecule has 0 aromatic carbocycles. The maximum Gasteiger partial charge on any atom is 0.0398 e. The average molecular weight is 270 g/mol. The molecule has 0 fully saturated rings. The molecule has 0 amide bonds. The van der Waals surface area contributed by atoms with Crippen molar-refractivity contribution in [3.8, 4) is 0 Å². The van der Waals surface area contributed by atoms with Crippen molar-refractivity contribution in [3.05, 3.63) is 84.7 Å². The molecule has 0 rings (SSSR count). The van der Waals surface area contributed by atoms with Gasteiger partial charge in [0.05, 0.1) is 0 Å². The maximum atomic E-state index is 4.01. The summed E-state index contributed by atoms with van der Waals surface area (Å²) < 4.78 is 0. The molecule has 0 atom stereocenters. The maximum absolute atomic E-state index is 4.01. The fourth-order valence-corrected chi connectivity index (χ4v) is 1.63. The van der Waals surface area contributed by atoms with Gasteiger partial charge < -0.3 is 5.43 Å². The van der Waals surface area contributed by atoms with E-state index in [0.29, 0.717) is 6.54 Å². The largest absolute Gasteiger partial charge is 0.328 e. The van der Waals surface area contributed by atoms with Crippen molar-refractivity contribution in [2.45, 2.75) is 20.8 Å². The molecule has 0 radical (unpaired) electrons. The molecule has 0 aliphatic rings. The van der Waals surface area contributed by atoms with E-state index in [2.05, 4.69) is 37.2 Å². The lowest BCUT2D eigenvalue weighted by Gasteiger charge is -2.11. The lowest BCUT2D eigenvalue weighted by Crippen LogP contribution is -2.29. The first kappa shape index (κ1) is 17.9. The van der Waals surface area contributed by atoms with Crippen molar-refractivity contribution in [2.24, 2.45) is 0 Å². The van der Waals surface area contributed by atoms with E-state index in [-0.39, 0.29) is 0 Å². The third-order valence-corrected chi connectivity index (χ3v) is 2.73. The fraction of sp³-hybridized carbons (Fsp3) is 0.222. The van der Waals surface area contributed by atoms with E-state index in [9.17, 15) is 0 Å². The van der Waals surface area contributed by atoms with Crippen LogP contribution in [-0.2, 0) is 0 Å². The SMILES string of the molecule is C=C/C(=C\C)C(=C)CNN/C=C(\C(=C)C)C(=C)/C=C\C. The van der Waals surface area contributed by atoms with Crippen LogP contribution < -0.4 is 10.9 Å². The second-order valence-electron chi connectivity index (χ2n) is 4.41. The molecule has 0 saturated carbocycles. The molecule has 0 unspecified atom stereocenters. The first-order valence-electron chi connectivity index (χ1n) is 6.61. The minimum absolute atomic E-state index is 0.627. The zero-order valence-electron chi connectivity index (χ0n) is 12.9.